The van der Waals surface area contributed by atoms with Crippen LogP contribution in [-0.2, 0) is 19.8 Å². The molecule has 0 aliphatic carbocycles. The zero-order valence-corrected chi connectivity index (χ0v) is 16.1. The molecule has 6 nitrogen and oxygen atoms in total. The summed E-state index contributed by atoms with van der Waals surface area (Å²) in [6.45, 7) is 3.56. The Morgan fingerprint density at radius 3 is 2.57 bits per heavy atom. The van der Waals surface area contributed by atoms with Crippen LogP contribution in [0.5, 0.6) is 0 Å². The Bertz CT molecular complexity index is 1040. The number of nitrogens with one attached hydrogen (secondary N) is 1. The van der Waals surface area contributed by atoms with Gasteiger partial charge < -0.3 is 5.32 Å². The van der Waals surface area contributed by atoms with E-state index in [0.717, 1.165) is 12.1 Å². The van der Waals surface area contributed by atoms with Crippen LogP contribution in [0.3, 0.4) is 0 Å². The highest BCUT2D eigenvalue weighted by Gasteiger charge is 2.30. The summed E-state index contributed by atoms with van der Waals surface area (Å²) in [6, 6.07) is 5.06. The van der Waals surface area contributed by atoms with Crippen molar-refractivity contribution in [2.24, 2.45) is 7.05 Å². The maximum atomic E-state index is 12.9. The first-order chi connectivity index (χ1) is 13.1. The molecule has 28 heavy (non-hydrogen) atoms. The molecule has 1 amide bonds. The first-order valence-corrected chi connectivity index (χ1v) is 8.64. The van der Waals surface area contributed by atoms with E-state index in [1.165, 1.54) is 16.9 Å². The number of anilines is 1. The van der Waals surface area contributed by atoms with Crippen LogP contribution in [0.4, 0.5) is 18.9 Å². The van der Waals surface area contributed by atoms with E-state index >= 15 is 0 Å². The van der Waals surface area contributed by atoms with Crippen LogP contribution < -0.4 is 5.32 Å². The number of nitrogens with zero attached hydrogens (tertiary/aromatic N) is 4. The van der Waals surface area contributed by atoms with Gasteiger partial charge in [-0.2, -0.15) is 23.4 Å². The molecule has 1 N–H and O–H groups in total. The second-order valence-corrected chi connectivity index (χ2v) is 6.76. The lowest BCUT2D eigenvalue weighted by molar-refractivity contribution is -0.137. The molecule has 0 bridgehead atoms. The Hall–Kier alpha value is -2.81. The Kier molecular flexibility index (Phi) is 5.20. The lowest BCUT2D eigenvalue weighted by atomic mass is 10.1. The lowest BCUT2D eigenvalue weighted by Crippen LogP contribution is -2.15. The summed E-state index contributed by atoms with van der Waals surface area (Å²) in [5, 5.41) is 11.3. The maximum Gasteiger partial charge on any atom is 0.416 e. The van der Waals surface area contributed by atoms with Gasteiger partial charge in [0.2, 0.25) is 0 Å². The number of halogens is 4. The summed E-state index contributed by atoms with van der Waals surface area (Å²) in [6.07, 6.45) is -2.90. The Labute approximate surface area is 163 Å². The topological polar surface area (TPSA) is 64.7 Å². The zero-order valence-electron chi connectivity index (χ0n) is 15.3. The van der Waals surface area contributed by atoms with Gasteiger partial charge in [-0.25, -0.2) is 0 Å². The van der Waals surface area contributed by atoms with Gasteiger partial charge in [-0.05, 0) is 31.5 Å². The molecule has 2 aromatic heterocycles. The van der Waals surface area contributed by atoms with E-state index in [4.69, 9.17) is 11.6 Å². The molecular weight excluding hydrogens is 395 g/mol. The summed E-state index contributed by atoms with van der Waals surface area (Å²) in [5.41, 5.74) is 1.42. The van der Waals surface area contributed by atoms with Gasteiger partial charge in [0.05, 0.1) is 34.2 Å². The number of amides is 1. The third kappa shape index (κ3) is 4.04. The van der Waals surface area contributed by atoms with Crippen LogP contribution in [0.25, 0.3) is 0 Å². The average Bonchev–Trinajstić information content (AvgIpc) is 3.07. The van der Waals surface area contributed by atoms with Crippen molar-refractivity contribution in [3.8, 4) is 0 Å². The largest absolute Gasteiger partial charge is 0.416 e. The third-order valence-corrected chi connectivity index (χ3v) is 4.48. The molecule has 0 saturated heterocycles. The number of alkyl halides is 3. The molecule has 1 aromatic carbocycles. The van der Waals surface area contributed by atoms with Gasteiger partial charge in [0, 0.05) is 13.2 Å². The lowest BCUT2D eigenvalue weighted by Gasteiger charge is -2.10. The first-order valence-electron chi connectivity index (χ1n) is 8.27. The molecule has 148 valence electrons. The number of hydrogen-bond acceptors (Lipinski definition) is 3. The fourth-order valence-electron chi connectivity index (χ4n) is 2.84. The van der Waals surface area contributed by atoms with Crippen molar-refractivity contribution in [1.82, 2.24) is 19.6 Å². The second-order valence-electron chi connectivity index (χ2n) is 6.36. The minimum Gasteiger partial charge on any atom is -0.317 e. The number of carbonyl (C=O) groups excluding carboxylic acids is 1. The highest BCUT2D eigenvalue weighted by Crippen LogP contribution is 2.30. The summed E-state index contributed by atoms with van der Waals surface area (Å²) < 4.78 is 41.7. The Morgan fingerprint density at radius 1 is 1.25 bits per heavy atom. The normalized spacial score (nSPS) is 11.7. The van der Waals surface area contributed by atoms with Crippen molar-refractivity contribution in [2.45, 2.75) is 26.6 Å². The van der Waals surface area contributed by atoms with Gasteiger partial charge in [0.1, 0.15) is 0 Å². The van der Waals surface area contributed by atoms with Gasteiger partial charge >= 0.3 is 6.18 Å². The smallest absolute Gasteiger partial charge is 0.317 e. The highest BCUT2D eigenvalue weighted by molar-refractivity contribution is 6.34. The standard InChI is InChI=1S/C18H17ClF3N5O/c1-10-15(23-17(28)16-14(19)9-26(3)25-16)11(2)27(24-10)8-12-5-4-6-13(7-12)18(20,21)22/h4-7,9H,8H2,1-3H3,(H,23,28). The van der Waals surface area contributed by atoms with Crippen LogP contribution in [0.1, 0.15) is 33.0 Å². The summed E-state index contributed by atoms with van der Waals surface area (Å²) in [7, 11) is 1.65. The van der Waals surface area contributed by atoms with Gasteiger partial charge in [-0.3, -0.25) is 14.2 Å². The molecule has 2 heterocycles. The molecule has 10 heteroatoms. The molecule has 0 saturated carbocycles. The van der Waals surface area contributed by atoms with Gasteiger partial charge in [0.25, 0.3) is 5.91 Å². The van der Waals surface area contributed by atoms with Gasteiger partial charge in [-0.15, -0.1) is 0 Å². The number of carbonyl (C=O) groups is 1. The Morgan fingerprint density at radius 2 is 1.96 bits per heavy atom. The number of rotatable bonds is 4. The SMILES string of the molecule is Cc1nn(Cc2cccc(C(F)(F)F)c2)c(C)c1NC(=O)c1nn(C)cc1Cl. The van der Waals surface area contributed by atoms with Crippen molar-refractivity contribution in [1.29, 1.82) is 0 Å². The molecule has 0 aliphatic heterocycles. The molecule has 0 fully saturated rings. The van der Waals surface area contributed by atoms with E-state index in [-0.39, 0.29) is 17.3 Å². The van der Waals surface area contributed by atoms with Gasteiger partial charge in [-0.1, -0.05) is 23.7 Å². The maximum absolute atomic E-state index is 12.9. The molecule has 0 atom stereocenters. The van der Waals surface area contributed by atoms with Crippen LogP contribution in [0.2, 0.25) is 5.02 Å². The molecule has 3 rings (SSSR count). The zero-order chi connectivity index (χ0) is 20.6. The van der Waals surface area contributed by atoms with E-state index in [1.54, 1.807) is 31.6 Å². The van der Waals surface area contributed by atoms with Gasteiger partial charge in [0.15, 0.2) is 5.69 Å². The monoisotopic (exact) mass is 411 g/mol. The predicted octanol–water partition coefficient (Wildman–Crippen LogP) is 4.21. The number of hydrogen-bond donors (Lipinski definition) is 1. The van der Waals surface area contributed by atoms with Crippen molar-refractivity contribution in [2.75, 3.05) is 5.32 Å². The summed E-state index contributed by atoms with van der Waals surface area (Å²) in [4.78, 5) is 12.4. The predicted molar refractivity (Wildman–Crippen MR) is 98.4 cm³/mol. The van der Waals surface area contributed by atoms with Crippen molar-refractivity contribution in [3.05, 3.63) is 63.7 Å². The summed E-state index contributed by atoms with van der Waals surface area (Å²) in [5.74, 6) is -0.490. The molecule has 3 aromatic rings. The number of aromatic nitrogens is 4. The van der Waals surface area contributed by atoms with E-state index in [1.807, 2.05) is 0 Å². The second kappa shape index (κ2) is 7.31. The van der Waals surface area contributed by atoms with E-state index in [2.05, 4.69) is 15.5 Å². The minimum absolute atomic E-state index is 0.0774. The van der Waals surface area contributed by atoms with E-state index in [0.29, 0.717) is 22.6 Å². The van der Waals surface area contributed by atoms with Crippen molar-refractivity contribution in [3.63, 3.8) is 0 Å². The van der Waals surface area contributed by atoms with Crippen LogP contribution in [0, 0.1) is 13.8 Å². The van der Waals surface area contributed by atoms with Crippen molar-refractivity contribution >= 4 is 23.2 Å². The first kappa shape index (κ1) is 19.9. The van der Waals surface area contributed by atoms with E-state index < -0.39 is 17.6 Å². The van der Waals surface area contributed by atoms with Crippen LogP contribution in [0.15, 0.2) is 30.5 Å². The fraction of sp³-hybridized carbons (Fsp3) is 0.278. The third-order valence-electron chi connectivity index (χ3n) is 4.21. The van der Waals surface area contributed by atoms with E-state index in [9.17, 15) is 18.0 Å². The molecular formula is C18H17ClF3N5O. The van der Waals surface area contributed by atoms with Crippen LogP contribution >= 0.6 is 11.6 Å². The average molecular weight is 412 g/mol. The Balaban J connectivity index is 1.84. The quantitative estimate of drug-likeness (QED) is 0.699. The number of aryl methyl sites for hydroxylation is 2. The number of benzene rings is 1. The highest BCUT2D eigenvalue weighted by atomic mass is 35.5. The fourth-order valence-corrected chi connectivity index (χ4v) is 3.10. The molecule has 0 radical (unpaired) electrons. The van der Waals surface area contributed by atoms with Crippen LogP contribution in [-0.4, -0.2) is 25.5 Å². The molecule has 0 aliphatic rings. The van der Waals surface area contributed by atoms with Crippen molar-refractivity contribution < 1.29 is 18.0 Å². The molecule has 0 spiro atoms. The summed E-state index contributed by atoms with van der Waals surface area (Å²) >= 11 is 5.99. The molecule has 0 unspecified atom stereocenters. The minimum atomic E-state index is -4.41.